The molecule has 12 nitrogen and oxygen atoms in total. The fourth-order valence-corrected chi connectivity index (χ4v) is 4.81. The molecule has 4 heterocycles. The first-order valence-corrected chi connectivity index (χ1v) is 14.0. The van der Waals surface area contributed by atoms with Crippen molar-refractivity contribution in [3.63, 3.8) is 0 Å². The summed E-state index contributed by atoms with van der Waals surface area (Å²) in [4.78, 5) is 30.5. The minimum atomic E-state index is -2.67. The van der Waals surface area contributed by atoms with Gasteiger partial charge in [0.2, 0.25) is 0 Å². The summed E-state index contributed by atoms with van der Waals surface area (Å²) in [7, 11) is 0. The molecule has 3 aromatic heterocycles. The topological polar surface area (TPSA) is 136 Å². The Kier molecular flexibility index (Phi) is 8.80. The number of benzene rings is 1. The van der Waals surface area contributed by atoms with Crippen LogP contribution >= 0.6 is 22.6 Å². The monoisotopic (exact) mass is 676 g/mol. The number of nitrogens with zero attached hydrogens (tertiary/aromatic N) is 8. The maximum Gasteiger partial charge on any atom is 0.282 e. The number of halogens is 3. The lowest BCUT2D eigenvalue weighted by atomic mass is 10.1. The van der Waals surface area contributed by atoms with Gasteiger partial charge in [-0.2, -0.15) is 0 Å². The third kappa shape index (κ3) is 7.80. The molecule has 0 unspecified atom stereocenters. The van der Waals surface area contributed by atoms with Gasteiger partial charge in [-0.15, -0.1) is 10.2 Å². The highest BCUT2D eigenvalue weighted by molar-refractivity contribution is 14.1. The third-order valence-electron chi connectivity index (χ3n) is 6.35. The lowest BCUT2D eigenvalue weighted by Gasteiger charge is -2.40. The van der Waals surface area contributed by atoms with Crippen LogP contribution in [0.2, 0.25) is 0 Å². The van der Waals surface area contributed by atoms with Crippen molar-refractivity contribution in [2.45, 2.75) is 44.9 Å². The number of anilines is 1. The number of hydrogen-bond donors (Lipinski definition) is 2. The predicted octanol–water partition coefficient (Wildman–Crippen LogP) is 2.66. The second-order valence-electron chi connectivity index (χ2n) is 9.70. The first-order valence-electron chi connectivity index (χ1n) is 12.9. The van der Waals surface area contributed by atoms with Crippen LogP contribution in [0.15, 0.2) is 55.1 Å². The number of rotatable bonds is 12. The van der Waals surface area contributed by atoms with Gasteiger partial charge >= 0.3 is 0 Å². The van der Waals surface area contributed by atoms with E-state index in [1.807, 2.05) is 24.3 Å². The zero-order valence-electron chi connectivity index (χ0n) is 21.9. The number of carbonyl (C=O) groups is 2. The Morgan fingerprint density at radius 1 is 0.878 bits per heavy atom. The van der Waals surface area contributed by atoms with Crippen LogP contribution in [0, 0.1) is 3.57 Å². The first kappa shape index (κ1) is 28.5. The van der Waals surface area contributed by atoms with Crippen molar-refractivity contribution < 1.29 is 18.4 Å². The Hall–Kier alpha value is -4.02. The van der Waals surface area contributed by atoms with E-state index >= 15 is 0 Å². The van der Waals surface area contributed by atoms with Gasteiger partial charge in [-0.3, -0.25) is 23.9 Å². The molecule has 1 aromatic carbocycles. The van der Waals surface area contributed by atoms with Gasteiger partial charge in [0, 0.05) is 35.9 Å². The van der Waals surface area contributed by atoms with E-state index in [1.54, 1.807) is 34.0 Å². The Morgan fingerprint density at radius 3 is 2.07 bits per heavy atom. The van der Waals surface area contributed by atoms with Crippen LogP contribution in [0.3, 0.4) is 0 Å². The summed E-state index contributed by atoms with van der Waals surface area (Å²) in [5, 5.41) is 21.5. The summed E-state index contributed by atoms with van der Waals surface area (Å²) < 4.78 is 30.6. The number of amides is 2. The summed E-state index contributed by atoms with van der Waals surface area (Å²) in [6, 6.07) is 9.61. The van der Waals surface area contributed by atoms with Crippen molar-refractivity contribution >= 4 is 40.1 Å². The number of nitrogens with one attached hydrogen (secondary N) is 2. The molecule has 15 heteroatoms. The highest BCUT2D eigenvalue weighted by Crippen LogP contribution is 2.31. The van der Waals surface area contributed by atoms with Gasteiger partial charge in [0.15, 0.2) is 11.4 Å². The smallest absolute Gasteiger partial charge is 0.282 e. The molecule has 0 spiro atoms. The van der Waals surface area contributed by atoms with E-state index in [0.717, 1.165) is 22.0 Å². The molecular weight excluding hydrogens is 649 g/mol. The van der Waals surface area contributed by atoms with Gasteiger partial charge in [-0.25, -0.2) is 8.78 Å². The molecule has 1 fully saturated rings. The number of alkyl halides is 2. The van der Waals surface area contributed by atoms with Gasteiger partial charge < -0.3 is 15.5 Å². The van der Waals surface area contributed by atoms with Crippen molar-refractivity contribution in [3.05, 3.63) is 81.2 Å². The molecule has 214 valence electrons. The standard InChI is InChI=1S/C26H27F2IN10O2/c27-26(28)16-37(17-26)21-9-19(10-30-13-21)12-32-25(41)23-15-39(36-34-23)7-2-1-6-38-14-22(33-35-38)24(40)31-11-18-4-3-5-20(29)8-18/h3-5,8-10,13-15H,1-2,6-7,11-12,16-17H2,(H,31,40)(H,32,41). The zero-order valence-corrected chi connectivity index (χ0v) is 24.0. The molecule has 2 N–H and O–H groups in total. The zero-order chi connectivity index (χ0) is 28.8. The molecule has 0 bridgehead atoms. The fourth-order valence-electron chi connectivity index (χ4n) is 4.20. The number of aromatic nitrogens is 7. The lowest BCUT2D eigenvalue weighted by molar-refractivity contribution is -0.0263. The van der Waals surface area contributed by atoms with Crippen LogP contribution in [0.4, 0.5) is 14.5 Å². The molecule has 4 aromatic rings. The number of hydrogen-bond acceptors (Lipinski definition) is 8. The molecule has 0 saturated carbocycles. The SMILES string of the molecule is O=C(NCc1cccc(I)c1)c1cn(CCCCn2cc(C(=O)NCc3cncc(N4CC(F)(F)C4)c3)nn2)nn1. The Labute approximate surface area is 247 Å². The van der Waals surface area contributed by atoms with E-state index in [0.29, 0.717) is 30.9 Å². The highest BCUT2D eigenvalue weighted by Gasteiger charge is 2.44. The Morgan fingerprint density at radius 2 is 1.49 bits per heavy atom. The maximum absolute atomic E-state index is 13.1. The summed E-state index contributed by atoms with van der Waals surface area (Å²) in [5.74, 6) is -3.35. The van der Waals surface area contributed by atoms with Crippen LogP contribution < -0.4 is 15.5 Å². The average molecular weight is 676 g/mol. The summed E-state index contributed by atoms with van der Waals surface area (Å²) in [5.41, 5.74) is 2.73. The molecule has 5 rings (SSSR count). The molecule has 1 aliphatic heterocycles. The minimum Gasteiger partial charge on any atom is -0.358 e. The summed E-state index contributed by atoms with van der Waals surface area (Å²) in [6.45, 7) is 1.04. The quantitative estimate of drug-likeness (QED) is 0.173. The normalized spacial score (nSPS) is 14.0. The molecular formula is C26H27F2IN10O2. The molecule has 1 saturated heterocycles. The van der Waals surface area contributed by atoms with Crippen molar-refractivity contribution in [2.24, 2.45) is 0 Å². The van der Waals surface area contributed by atoms with Crippen LogP contribution in [-0.4, -0.2) is 65.8 Å². The second kappa shape index (κ2) is 12.7. The number of unbranched alkanes of at least 4 members (excludes halogenated alkanes) is 1. The first-order chi connectivity index (χ1) is 19.7. The van der Waals surface area contributed by atoms with Crippen molar-refractivity contribution in [2.75, 3.05) is 18.0 Å². The molecule has 1 aliphatic rings. The second-order valence-corrected chi connectivity index (χ2v) is 10.9. The number of carbonyl (C=O) groups excluding carboxylic acids is 2. The largest absolute Gasteiger partial charge is 0.358 e. The van der Waals surface area contributed by atoms with Crippen LogP contribution in [0.25, 0.3) is 0 Å². The Balaban J connectivity index is 1.01. The maximum atomic E-state index is 13.1. The molecule has 0 aliphatic carbocycles. The Bertz CT molecular complexity index is 1520. The molecule has 0 radical (unpaired) electrons. The molecule has 0 atom stereocenters. The molecule has 2 amide bonds. The van der Waals surface area contributed by atoms with Gasteiger partial charge in [0.1, 0.15) is 0 Å². The van der Waals surface area contributed by atoms with Crippen molar-refractivity contribution in [1.29, 1.82) is 0 Å². The summed E-state index contributed by atoms with van der Waals surface area (Å²) in [6.07, 6.45) is 7.78. The van der Waals surface area contributed by atoms with Gasteiger partial charge in [0.25, 0.3) is 17.7 Å². The van der Waals surface area contributed by atoms with Crippen LogP contribution in [0.5, 0.6) is 0 Å². The van der Waals surface area contributed by atoms with Gasteiger partial charge in [-0.05, 0) is 64.8 Å². The van der Waals surface area contributed by atoms with Crippen molar-refractivity contribution in [3.8, 4) is 0 Å². The van der Waals surface area contributed by atoms with Gasteiger partial charge in [-0.1, -0.05) is 22.6 Å². The van der Waals surface area contributed by atoms with E-state index in [2.05, 4.69) is 58.8 Å². The third-order valence-corrected chi connectivity index (χ3v) is 7.02. The number of pyridine rings is 1. The lowest BCUT2D eigenvalue weighted by Crippen LogP contribution is -2.56. The summed E-state index contributed by atoms with van der Waals surface area (Å²) >= 11 is 2.23. The fraction of sp³-hybridized carbons (Fsp3) is 0.346. The number of aryl methyl sites for hydroxylation is 2. The molecule has 41 heavy (non-hydrogen) atoms. The van der Waals surface area contributed by atoms with E-state index in [9.17, 15) is 18.4 Å². The van der Waals surface area contributed by atoms with Gasteiger partial charge in [0.05, 0.1) is 37.4 Å². The van der Waals surface area contributed by atoms with E-state index in [1.165, 1.54) is 11.1 Å². The van der Waals surface area contributed by atoms with Crippen LogP contribution in [0.1, 0.15) is 44.9 Å². The van der Waals surface area contributed by atoms with E-state index in [4.69, 9.17) is 0 Å². The van der Waals surface area contributed by atoms with E-state index < -0.39 is 11.8 Å². The highest BCUT2D eigenvalue weighted by atomic mass is 127. The predicted molar refractivity (Wildman–Crippen MR) is 152 cm³/mol. The van der Waals surface area contributed by atoms with E-state index in [-0.39, 0.29) is 36.9 Å². The van der Waals surface area contributed by atoms with Crippen LogP contribution in [-0.2, 0) is 26.2 Å². The minimum absolute atomic E-state index is 0.175. The average Bonchev–Trinajstić information content (AvgIpc) is 3.62. The van der Waals surface area contributed by atoms with Crippen molar-refractivity contribution in [1.82, 2.24) is 45.6 Å².